The van der Waals surface area contributed by atoms with Crippen LogP contribution in [-0.4, -0.2) is 5.97 Å². The van der Waals surface area contributed by atoms with Crippen molar-refractivity contribution >= 4 is 5.97 Å². The Morgan fingerprint density at radius 1 is 1.46 bits per heavy atom. The maximum atomic E-state index is 13.1. The molecule has 0 radical (unpaired) electrons. The number of esters is 1. The Morgan fingerprint density at radius 2 is 2.08 bits per heavy atom. The van der Waals surface area contributed by atoms with Crippen LogP contribution in [0.25, 0.3) is 0 Å². The summed E-state index contributed by atoms with van der Waals surface area (Å²) in [6.45, 7) is 2.94. The number of halogens is 1. The second-order valence-corrected chi connectivity index (χ2v) is 2.77. The topological polar surface area (TPSA) is 26.3 Å². The first kappa shape index (κ1) is 9.71. The SMILES string of the molecule is CC(=O)OC(C)c1ccccc1F. The Labute approximate surface area is 76.3 Å². The lowest BCUT2D eigenvalue weighted by atomic mass is 10.1. The van der Waals surface area contributed by atoms with Gasteiger partial charge in [-0.05, 0) is 13.0 Å². The molecule has 0 N–H and O–H groups in total. The summed E-state index contributed by atoms with van der Waals surface area (Å²) in [4.78, 5) is 10.6. The third kappa shape index (κ3) is 2.54. The van der Waals surface area contributed by atoms with Crippen LogP contribution >= 0.6 is 0 Å². The van der Waals surface area contributed by atoms with Crippen molar-refractivity contribution in [3.63, 3.8) is 0 Å². The molecule has 0 fully saturated rings. The molecule has 0 aliphatic carbocycles. The highest BCUT2D eigenvalue weighted by Crippen LogP contribution is 2.19. The highest BCUT2D eigenvalue weighted by atomic mass is 19.1. The van der Waals surface area contributed by atoms with Crippen molar-refractivity contribution in [2.75, 3.05) is 0 Å². The second-order valence-electron chi connectivity index (χ2n) is 2.77. The molecule has 0 heterocycles. The molecular formula is C10H11FO2. The standard InChI is InChI=1S/C10H11FO2/c1-7(13-8(2)12)9-5-3-4-6-10(9)11/h3-7H,1-2H3. The van der Waals surface area contributed by atoms with Crippen molar-refractivity contribution in [2.45, 2.75) is 20.0 Å². The number of hydrogen-bond acceptors (Lipinski definition) is 2. The molecule has 0 aliphatic rings. The van der Waals surface area contributed by atoms with Gasteiger partial charge in [0.15, 0.2) is 0 Å². The van der Waals surface area contributed by atoms with Gasteiger partial charge >= 0.3 is 5.97 Å². The average Bonchev–Trinajstić information content (AvgIpc) is 2.03. The Hall–Kier alpha value is -1.38. The van der Waals surface area contributed by atoms with Gasteiger partial charge in [-0.1, -0.05) is 18.2 Å². The Balaban J connectivity index is 2.82. The number of ether oxygens (including phenoxy) is 1. The van der Waals surface area contributed by atoms with Crippen molar-refractivity contribution in [3.8, 4) is 0 Å². The summed E-state index contributed by atoms with van der Waals surface area (Å²) < 4.78 is 17.9. The molecule has 1 aromatic rings. The predicted octanol–water partition coefficient (Wildman–Crippen LogP) is 2.45. The van der Waals surface area contributed by atoms with Crippen LogP contribution in [0.1, 0.15) is 25.5 Å². The van der Waals surface area contributed by atoms with Gasteiger partial charge < -0.3 is 4.74 Å². The molecule has 0 bridgehead atoms. The van der Waals surface area contributed by atoms with Crippen LogP contribution in [0.5, 0.6) is 0 Å². The molecule has 1 aromatic carbocycles. The van der Waals surface area contributed by atoms with E-state index in [2.05, 4.69) is 0 Å². The maximum absolute atomic E-state index is 13.1. The molecule has 1 rings (SSSR count). The average molecular weight is 182 g/mol. The minimum absolute atomic E-state index is 0.351. The molecule has 3 heteroatoms. The summed E-state index contributed by atoms with van der Waals surface area (Å²) in [5.41, 5.74) is 0.401. The Bertz CT molecular complexity index is 310. The molecule has 0 saturated heterocycles. The van der Waals surface area contributed by atoms with Crippen molar-refractivity contribution < 1.29 is 13.9 Å². The fourth-order valence-electron chi connectivity index (χ4n) is 1.12. The molecule has 1 atom stereocenters. The molecule has 0 saturated carbocycles. The van der Waals surface area contributed by atoms with Gasteiger partial charge in [0, 0.05) is 12.5 Å². The zero-order chi connectivity index (χ0) is 9.84. The van der Waals surface area contributed by atoms with E-state index < -0.39 is 12.1 Å². The lowest BCUT2D eigenvalue weighted by Gasteiger charge is -2.12. The van der Waals surface area contributed by atoms with Crippen LogP contribution in [0.4, 0.5) is 4.39 Å². The summed E-state index contributed by atoms with van der Waals surface area (Å²) in [6.07, 6.45) is -0.529. The minimum Gasteiger partial charge on any atom is -0.458 e. The van der Waals surface area contributed by atoms with E-state index in [4.69, 9.17) is 4.74 Å². The van der Waals surface area contributed by atoms with E-state index in [9.17, 15) is 9.18 Å². The van der Waals surface area contributed by atoms with Crippen LogP contribution in [0.3, 0.4) is 0 Å². The van der Waals surface area contributed by atoms with E-state index in [-0.39, 0.29) is 5.82 Å². The second kappa shape index (κ2) is 4.03. The highest BCUT2D eigenvalue weighted by Gasteiger charge is 2.11. The van der Waals surface area contributed by atoms with Gasteiger partial charge in [-0.15, -0.1) is 0 Å². The van der Waals surface area contributed by atoms with Crippen molar-refractivity contribution in [2.24, 2.45) is 0 Å². The fraction of sp³-hybridized carbons (Fsp3) is 0.300. The lowest BCUT2D eigenvalue weighted by molar-refractivity contribution is -0.145. The number of benzene rings is 1. The zero-order valence-electron chi connectivity index (χ0n) is 7.58. The van der Waals surface area contributed by atoms with Crippen molar-refractivity contribution in [1.82, 2.24) is 0 Å². The first-order valence-electron chi connectivity index (χ1n) is 4.03. The van der Waals surface area contributed by atoms with Crippen molar-refractivity contribution in [3.05, 3.63) is 35.6 Å². The van der Waals surface area contributed by atoms with Crippen LogP contribution in [-0.2, 0) is 9.53 Å². The monoisotopic (exact) mass is 182 g/mol. The molecule has 0 spiro atoms. The smallest absolute Gasteiger partial charge is 0.303 e. The lowest BCUT2D eigenvalue weighted by Crippen LogP contribution is -2.06. The van der Waals surface area contributed by atoms with Gasteiger partial charge in [-0.3, -0.25) is 4.79 Å². The highest BCUT2D eigenvalue weighted by molar-refractivity contribution is 5.66. The minimum atomic E-state index is -0.529. The predicted molar refractivity (Wildman–Crippen MR) is 46.6 cm³/mol. The van der Waals surface area contributed by atoms with E-state index in [0.717, 1.165) is 0 Å². The van der Waals surface area contributed by atoms with Crippen molar-refractivity contribution in [1.29, 1.82) is 0 Å². The van der Waals surface area contributed by atoms with Crippen LogP contribution in [0.15, 0.2) is 24.3 Å². The molecule has 0 amide bonds. The maximum Gasteiger partial charge on any atom is 0.303 e. The van der Waals surface area contributed by atoms with E-state index in [0.29, 0.717) is 5.56 Å². The Kier molecular flexibility index (Phi) is 3.01. The summed E-state index contributed by atoms with van der Waals surface area (Å²) >= 11 is 0. The number of hydrogen-bond donors (Lipinski definition) is 0. The summed E-state index contributed by atoms with van der Waals surface area (Å²) in [5, 5.41) is 0. The first-order valence-corrected chi connectivity index (χ1v) is 4.03. The third-order valence-electron chi connectivity index (χ3n) is 1.69. The van der Waals surface area contributed by atoms with Gasteiger partial charge in [-0.2, -0.15) is 0 Å². The first-order chi connectivity index (χ1) is 6.11. The number of carbonyl (C=O) groups is 1. The van der Waals surface area contributed by atoms with Gasteiger partial charge in [0.05, 0.1) is 0 Å². The quantitative estimate of drug-likeness (QED) is 0.656. The normalized spacial score (nSPS) is 12.2. The molecule has 0 aliphatic heterocycles. The zero-order valence-corrected chi connectivity index (χ0v) is 7.58. The Morgan fingerprint density at radius 3 is 2.62 bits per heavy atom. The van der Waals surface area contributed by atoms with Gasteiger partial charge in [-0.25, -0.2) is 4.39 Å². The van der Waals surface area contributed by atoms with Gasteiger partial charge in [0.1, 0.15) is 11.9 Å². The molecule has 70 valence electrons. The summed E-state index contributed by atoms with van der Waals surface area (Å²) in [5.74, 6) is -0.757. The van der Waals surface area contributed by atoms with Crippen LogP contribution in [0, 0.1) is 5.82 Å². The number of rotatable bonds is 2. The molecular weight excluding hydrogens is 171 g/mol. The summed E-state index contributed by atoms with van der Waals surface area (Å²) in [6, 6.07) is 6.25. The van der Waals surface area contributed by atoms with Crippen LogP contribution in [0.2, 0.25) is 0 Å². The van der Waals surface area contributed by atoms with E-state index in [1.807, 2.05) is 0 Å². The largest absolute Gasteiger partial charge is 0.458 e. The molecule has 2 nitrogen and oxygen atoms in total. The third-order valence-corrected chi connectivity index (χ3v) is 1.69. The van der Waals surface area contributed by atoms with Gasteiger partial charge in [0.25, 0.3) is 0 Å². The van der Waals surface area contributed by atoms with E-state index in [1.165, 1.54) is 13.0 Å². The van der Waals surface area contributed by atoms with Gasteiger partial charge in [0.2, 0.25) is 0 Å². The van der Waals surface area contributed by atoms with E-state index >= 15 is 0 Å². The van der Waals surface area contributed by atoms with Crippen LogP contribution < -0.4 is 0 Å². The molecule has 1 unspecified atom stereocenters. The number of carbonyl (C=O) groups excluding carboxylic acids is 1. The molecule has 13 heavy (non-hydrogen) atoms. The summed E-state index contributed by atoms with van der Waals surface area (Å²) in [7, 11) is 0. The van der Waals surface area contributed by atoms with E-state index in [1.54, 1.807) is 25.1 Å². The fourth-order valence-corrected chi connectivity index (χ4v) is 1.12. The molecule has 0 aromatic heterocycles.